The quantitative estimate of drug-likeness (QED) is 0.878. The second-order valence-corrected chi connectivity index (χ2v) is 6.83. The van der Waals surface area contributed by atoms with Crippen molar-refractivity contribution in [1.82, 2.24) is 0 Å². The Balaban J connectivity index is 2.43. The van der Waals surface area contributed by atoms with Crippen LogP contribution in [0.3, 0.4) is 0 Å². The largest absolute Gasteiger partial charge is 0.478 e. The molecule has 1 unspecified atom stereocenters. The van der Waals surface area contributed by atoms with E-state index in [1.807, 2.05) is 0 Å². The Hall–Kier alpha value is -1.41. The highest BCUT2D eigenvalue weighted by atomic mass is 79.9. The van der Waals surface area contributed by atoms with Gasteiger partial charge >= 0.3 is 5.97 Å². The number of halogens is 2. The molecule has 1 aromatic carbocycles. The van der Waals surface area contributed by atoms with Crippen LogP contribution in [-0.2, 0) is 9.59 Å². The molecule has 0 saturated carbocycles. The van der Waals surface area contributed by atoms with Crippen LogP contribution < -0.4 is 4.90 Å². The van der Waals surface area contributed by atoms with Crippen molar-refractivity contribution in [2.45, 2.75) is 18.6 Å². The fourth-order valence-electron chi connectivity index (χ4n) is 2.21. The number of rotatable bonds is 3. The fraction of sp³-hybridized carbons (Fsp3) is 0.308. The van der Waals surface area contributed by atoms with Gasteiger partial charge in [0.2, 0.25) is 5.91 Å². The lowest BCUT2D eigenvalue weighted by atomic mass is 10.1. The molecule has 0 spiro atoms. The minimum absolute atomic E-state index is 0.0786. The maximum atomic E-state index is 14.1. The number of carboxylic acid groups (broad SMARTS) is 1. The summed E-state index contributed by atoms with van der Waals surface area (Å²) in [6, 6.07) is 2.38. The maximum absolute atomic E-state index is 14.1. The number of anilines is 1. The van der Waals surface area contributed by atoms with Crippen LogP contribution in [0.1, 0.15) is 23.7 Å². The van der Waals surface area contributed by atoms with Gasteiger partial charge in [0.1, 0.15) is 11.4 Å². The van der Waals surface area contributed by atoms with E-state index in [0.29, 0.717) is 0 Å². The van der Waals surface area contributed by atoms with Gasteiger partial charge in [-0.1, -0.05) is 11.8 Å². The standard InChI is InChI=1S/C13H11BrFNO4S/c1-6(17)21-7-4-10(18)16(5-7)12-9(15)3-2-8(14)11(12)13(19)20/h2-3,7H,4-5H2,1H3,(H,19,20). The first-order valence-corrected chi connectivity index (χ1v) is 7.67. The minimum atomic E-state index is -1.33. The van der Waals surface area contributed by atoms with Gasteiger partial charge in [0.05, 0.1) is 5.69 Å². The van der Waals surface area contributed by atoms with Crippen LogP contribution in [0.5, 0.6) is 0 Å². The number of carboxylic acids is 1. The number of amides is 1. The van der Waals surface area contributed by atoms with Crippen molar-refractivity contribution in [3.05, 3.63) is 28.0 Å². The summed E-state index contributed by atoms with van der Waals surface area (Å²) in [6.07, 6.45) is 0.0786. The zero-order valence-corrected chi connectivity index (χ0v) is 13.3. The molecule has 112 valence electrons. The highest BCUT2D eigenvalue weighted by Gasteiger charge is 2.36. The van der Waals surface area contributed by atoms with Crippen molar-refractivity contribution in [2.75, 3.05) is 11.4 Å². The highest BCUT2D eigenvalue weighted by molar-refractivity contribution is 9.10. The number of carbonyl (C=O) groups is 3. The van der Waals surface area contributed by atoms with Gasteiger partial charge in [-0.15, -0.1) is 0 Å². The van der Waals surface area contributed by atoms with Gasteiger partial charge in [0.15, 0.2) is 5.12 Å². The third-order valence-electron chi connectivity index (χ3n) is 2.98. The van der Waals surface area contributed by atoms with Gasteiger partial charge in [-0.2, -0.15) is 0 Å². The van der Waals surface area contributed by atoms with E-state index in [4.69, 9.17) is 0 Å². The topological polar surface area (TPSA) is 74.7 Å². The zero-order valence-electron chi connectivity index (χ0n) is 10.9. The maximum Gasteiger partial charge on any atom is 0.339 e. The lowest BCUT2D eigenvalue weighted by Crippen LogP contribution is -2.28. The van der Waals surface area contributed by atoms with E-state index in [1.165, 1.54) is 13.0 Å². The second-order valence-electron chi connectivity index (χ2n) is 4.50. The van der Waals surface area contributed by atoms with Crippen LogP contribution in [0.15, 0.2) is 16.6 Å². The molecular weight excluding hydrogens is 365 g/mol. The van der Waals surface area contributed by atoms with Crippen molar-refractivity contribution < 1.29 is 23.9 Å². The monoisotopic (exact) mass is 375 g/mol. The van der Waals surface area contributed by atoms with Gasteiger partial charge in [-0.25, -0.2) is 9.18 Å². The minimum Gasteiger partial charge on any atom is -0.478 e. The Bertz CT molecular complexity index is 637. The molecule has 2 rings (SSSR count). The average Bonchev–Trinajstić information content (AvgIpc) is 2.71. The molecule has 0 bridgehead atoms. The lowest BCUT2D eigenvalue weighted by molar-refractivity contribution is -0.117. The van der Waals surface area contributed by atoms with Crippen LogP contribution in [0.4, 0.5) is 10.1 Å². The summed E-state index contributed by atoms with van der Waals surface area (Å²) >= 11 is 4.07. The summed E-state index contributed by atoms with van der Waals surface area (Å²) in [7, 11) is 0. The number of hydrogen-bond acceptors (Lipinski definition) is 4. The van der Waals surface area contributed by atoms with Crippen molar-refractivity contribution in [3.8, 4) is 0 Å². The molecule has 0 radical (unpaired) electrons. The molecule has 1 aliphatic rings. The number of benzene rings is 1. The molecule has 1 aliphatic heterocycles. The van der Waals surface area contributed by atoms with Crippen molar-refractivity contribution in [2.24, 2.45) is 0 Å². The van der Waals surface area contributed by atoms with E-state index in [-0.39, 0.29) is 39.1 Å². The van der Waals surface area contributed by atoms with E-state index in [9.17, 15) is 23.9 Å². The molecular formula is C13H11BrFNO4S. The predicted octanol–water partition coefficient (Wildman–Crippen LogP) is 2.67. The van der Waals surface area contributed by atoms with Crippen LogP contribution in [0.2, 0.25) is 0 Å². The van der Waals surface area contributed by atoms with E-state index in [2.05, 4.69) is 15.9 Å². The van der Waals surface area contributed by atoms with Gasteiger partial charge < -0.3 is 10.0 Å². The lowest BCUT2D eigenvalue weighted by Gasteiger charge is -2.20. The summed E-state index contributed by atoms with van der Waals surface area (Å²) in [5.74, 6) is -2.50. The van der Waals surface area contributed by atoms with E-state index in [0.717, 1.165) is 22.7 Å². The zero-order chi connectivity index (χ0) is 15.7. The molecule has 0 aliphatic carbocycles. The summed E-state index contributed by atoms with van der Waals surface area (Å²) in [5, 5.41) is 8.80. The number of aromatic carboxylic acids is 1. The number of carbonyl (C=O) groups excluding carboxylic acids is 2. The van der Waals surface area contributed by atoms with Crippen LogP contribution in [0.25, 0.3) is 0 Å². The third kappa shape index (κ3) is 3.26. The molecule has 21 heavy (non-hydrogen) atoms. The first-order chi connectivity index (χ1) is 9.81. The van der Waals surface area contributed by atoms with E-state index >= 15 is 0 Å². The van der Waals surface area contributed by atoms with Gasteiger partial charge in [-0.05, 0) is 28.1 Å². The van der Waals surface area contributed by atoms with Crippen molar-refractivity contribution in [1.29, 1.82) is 0 Å². The number of nitrogens with zero attached hydrogens (tertiary/aromatic N) is 1. The molecule has 1 fully saturated rings. The smallest absolute Gasteiger partial charge is 0.339 e. The van der Waals surface area contributed by atoms with E-state index < -0.39 is 17.7 Å². The van der Waals surface area contributed by atoms with E-state index in [1.54, 1.807) is 0 Å². The Kier molecular flexibility index (Phi) is 4.67. The Labute approximate surface area is 132 Å². The molecule has 8 heteroatoms. The molecule has 1 aromatic rings. The van der Waals surface area contributed by atoms with Gasteiger partial charge in [0, 0.05) is 29.6 Å². The Morgan fingerprint density at radius 3 is 2.71 bits per heavy atom. The number of thioether (sulfide) groups is 1. The first-order valence-electron chi connectivity index (χ1n) is 6.00. The molecule has 5 nitrogen and oxygen atoms in total. The van der Waals surface area contributed by atoms with Crippen LogP contribution >= 0.6 is 27.7 Å². The molecule has 1 N–H and O–H groups in total. The third-order valence-corrected chi connectivity index (χ3v) is 4.63. The Morgan fingerprint density at radius 1 is 1.48 bits per heavy atom. The summed E-state index contributed by atoms with van der Waals surface area (Å²) in [5.41, 5.74) is -0.551. The molecule has 1 heterocycles. The van der Waals surface area contributed by atoms with Crippen LogP contribution in [0, 0.1) is 5.82 Å². The predicted molar refractivity (Wildman–Crippen MR) is 80.1 cm³/mol. The van der Waals surface area contributed by atoms with Crippen molar-refractivity contribution >= 4 is 50.4 Å². The Morgan fingerprint density at radius 2 is 2.14 bits per heavy atom. The van der Waals surface area contributed by atoms with Gasteiger partial charge in [-0.3, -0.25) is 9.59 Å². The number of hydrogen-bond donors (Lipinski definition) is 1. The second kappa shape index (κ2) is 6.15. The summed E-state index contributed by atoms with van der Waals surface area (Å²) in [6.45, 7) is 1.50. The van der Waals surface area contributed by atoms with Crippen LogP contribution in [-0.4, -0.2) is 33.9 Å². The molecule has 0 aromatic heterocycles. The molecule has 1 amide bonds. The normalized spacial score (nSPS) is 18.1. The molecule has 1 saturated heterocycles. The highest BCUT2D eigenvalue weighted by Crippen LogP contribution is 2.35. The summed E-state index contributed by atoms with van der Waals surface area (Å²) in [4.78, 5) is 35.6. The SMILES string of the molecule is CC(=O)SC1CC(=O)N(c2c(F)ccc(Br)c2C(=O)O)C1. The first kappa shape index (κ1) is 16.0. The van der Waals surface area contributed by atoms with Gasteiger partial charge in [0.25, 0.3) is 0 Å². The fourth-order valence-corrected chi connectivity index (χ4v) is 3.62. The van der Waals surface area contributed by atoms with Crippen molar-refractivity contribution in [3.63, 3.8) is 0 Å². The molecule has 1 atom stereocenters. The summed E-state index contributed by atoms with van der Waals surface area (Å²) < 4.78 is 14.2. The average molecular weight is 376 g/mol.